The highest BCUT2D eigenvalue weighted by atomic mass is 35.5. The normalized spacial score (nSPS) is 19.1. The van der Waals surface area contributed by atoms with Gasteiger partial charge in [-0.15, -0.1) is 5.10 Å². The highest BCUT2D eigenvalue weighted by Crippen LogP contribution is 2.47. The number of benzene rings is 2. The van der Waals surface area contributed by atoms with E-state index in [1.165, 1.54) is 0 Å². The predicted molar refractivity (Wildman–Crippen MR) is 133 cm³/mol. The number of nitrogen functional groups attached to an aromatic ring is 1. The first kappa shape index (κ1) is 23.3. The van der Waals surface area contributed by atoms with E-state index in [-0.39, 0.29) is 24.1 Å². The molecule has 11 heteroatoms. The summed E-state index contributed by atoms with van der Waals surface area (Å²) in [7, 11) is 4.68. The van der Waals surface area contributed by atoms with Gasteiger partial charge in [-0.1, -0.05) is 29.3 Å². The summed E-state index contributed by atoms with van der Waals surface area (Å²) in [5, 5.41) is 8.43. The number of methoxy groups -OCH3 is 3. The van der Waals surface area contributed by atoms with Crippen LogP contribution in [-0.2, 0) is 4.79 Å². The zero-order chi connectivity index (χ0) is 24.9. The highest BCUT2D eigenvalue weighted by molar-refractivity contribution is 6.42. The van der Waals surface area contributed by atoms with E-state index in [9.17, 15) is 4.79 Å². The number of ether oxygens (including phenoxy) is 3. The summed E-state index contributed by atoms with van der Waals surface area (Å²) < 4.78 is 18.1. The molecule has 0 saturated carbocycles. The Balaban J connectivity index is 1.60. The van der Waals surface area contributed by atoms with Crippen LogP contribution in [0, 0.1) is 0 Å². The number of hydrogen-bond donors (Lipinski definition) is 2. The van der Waals surface area contributed by atoms with Crippen LogP contribution < -0.4 is 25.3 Å². The van der Waals surface area contributed by atoms with Crippen LogP contribution >= 0.6 is 23.2 Å². The van der Waals surface area contributed by atoms with Gasteiger partial charge in [0.1, 0.15) is 6.04 Å². The molecule has 35 heavy (non-hydrogen) atoms. The monoisotopic (exact) mass is 515 g/mol. The zero-order valence-corrected chi connectivity index (χ0v) is 20.8. The summed E-state index contributed by atoms with van der Waals surface area (Å²) in [5.41, 5.74) is 8.94. The number of aromatic nitrogens is 3. The van der Waals surface area contributed by atoms with Gasteiger partial charge in [0, 0.05) is 17.7 Å². The molecule has 0 saturated heterocycles. The van der Waals surface area contributed by atoms with Crippen LogP contribution in [0.25, 0.3) is 0 Å². The lowest BCUT2D eigenvalue weighted by Gasteiger charge is -2.35. The molecule has 182 valence electrons. The van der Waals surface area contributed by atoms with Crippen molar-refractivity contribution in [2.75, 3.05) is 32.4 Å². The second kappa shape index (κ2) is 8.98. The van der Waals surface area contributed by atoms with Gasteiger partial charge >= 0.3 is 0 Å². The van der Waals surface area contributed by atoms with Gasteiger partial charge in [0.05, 0.1) is 31.4 Å². The summed E-state index contributed by atoms with van der Waals surface area (Å²) in [6.07, 6.45) is 0.848. The van der Waals surface area contributed by atoms with Gasteiger partial charge in [-0.3, -0.25) is 4.79 Å². The molecule has 2 heterocycles. The second-order valence-corrected chi connectivity index (χ2v) is 9.13. The predicted octanol–water partition coefficient (Wildman–Crippen LogP) is 4.61. The number of allylic oxidation sites excluding steroid dienone is 2. The fourth-order valence-electron chi connectivity index (χ4n) is 4.79. The summed E-state index contributed by atoms with van der Waals surface area (Å²) >= 11 is 12.4. The number of nitrogens with zero attached hydrogens (tertiary/aromatic N) is 3. The molecule has 2 aromatic carbocycles. The van der Waals surface area contributed by atoms with Crippen molar-refractivity contribution in [3.05, 3.63) is 62.8 Å². The van der Waals surface area contributed by atoms with Gasteiger partial charge in [0.25, 0.3) is 0 Å². The van der Waals surface area contributed by atoms with Crippen molar-refractivity contribution in [3.8, 4) is 17.2 Å². The fraction of sp³-hybridized carbons (Fsp3) is 0.292. The molecule has 2 atom stereocenters. The quantitative estimate of drug-likeness (QED) is 0.506. The topological polar surface area (TPSA) is 114 Å². The largest absolute Gasteiger partial charge is 0.493 e. The Kier molecular flexibility index (Phi) is 5.98. The Bertz CT molecular complexity index is 1340. The molecule has 0 amide bonds. The fourth-order valence-corrected chi connectivity index (χ4v) is 5.10. The third-order valence-electron chi connectivity index (χ3n) is 6.35. The molecule has 0 radical (unpaired) electrons. The summed E-state index contributed by atoms with van der Waals surface area (Å²) in [4.78, 5) is 18.0. The van der Waals surface area contributed by atoms with Crippen LogP contribution in [0.4, 0.5) is 11.9 Å². The molecule has 0 fully saturated rings. The van der Waals surface area contributed by atoms with Gasteiger partial charge in [0.2, 0.25) is 17.6 Å². The van der Waals surface area contributed by atoms with E-state index < -0.39 is 6.04 Å². The average molecular weight is 516 g/mol. The zero-order valence-electron chi connectivity index (χ0n) is 19.3. The van der Waals surface area contributed by atoms with E-state index in [4.69, 9.17) is 43.1 Å². The summed E-state index contributed by atoms with van der Waals surface area (Å²) in [6, 6.07) is 8.50. The maximum absolute atomic E-state index is 13.7. The van der Waals surface area contributed by atoms with Crippen molar-refractivity contribution >= 4 is 40.9 Å². The number of nitrogens with one attached hydrogen (secondary N) is 1. The van der Waals surface area contributed by atoms with E-state index in [1.54, 1.807) is 38.1 Å². The number of carbonyl (C=O) groups excluding carboxylic acids is 1. The number of hydrogen-bond acceptors (Lipinski definition) is 8. The third kappa shape index (κ3) is 3.94. The minimum atomic E-state index is -0.533. The number of rotatable bonds is 5. The Hall–Kier alpha value is -3.43. The molecule has 1 aliphatic carbocycles. The first-order valence-electron chi connectivity index (χ1n) is 10.8. The Labute approximate surface area is 211 Å². The van der Waals surface area contributed by atoms with Gasteiger partial charge in [-0.05, 0) is 47.7 Å². The van der Waals surface area contributed by atoms with E-state index in [0.717, 1.165) is 16.8 Å². The molecule has 3 aromatic rings. The van der Waals surface area contributed by atoms with Crippen LogP contribution in [-0.4, -0.2) is 41.9 Å². The van der Waals surface area contributed by atoms with Gasteiger partial charge in [0.15, 0.2) is 17.3 Å². The standard InChI is InChI=1S/C24H23Cl2N5O4/c1-33-18-9-13(10-19(34-2)22(18)35-3)12-7-16-20(17(32)8-12)21(11-4-5-14(25)15(26)6-11)31-24(28-16)29-23(27)30-31/h4-6,9-10,12,21H,7-8H2,1-3H3,(H3,27,28,29,30)/t12-,21-/m1/s1. The summed E-state index contributed by atoms with van der Waals surface area (Å²) in [5.74, 6) is 1.98. The molecule has 0 unspecified atom stereocenters. The van der Waals surface area contributed by atoms with E-state index in [2.05, 4.69) is 15.4 Å². The second-order valence-electron chi connectivity index (χ2n) is 8.32. The SMILES string of the molecule is COc1cc([C@H]2CC(=O)C3=C(C2)Nc2nc(N)nn2[C@@H]3c2ccc(Cl)c(Cl)c2)cc(OC)c1OC. The minimum absolute atomic E-state index is 0.0201. The van der Waals surface area contributed by atoms with E-state index >= 15 is 0 Å². The van der Waals surface area contributed by atoms with E-state index in [1.807, 2.05) is 18.2 Å². The number of halogens is 2. The Morgan fingerprint density at radius 2 is 1.71 bits per heavy atom. The molecule has 3 N–H and O–H groups in total. The molecule has 0 bridgehead atoms. The van der Waals surface area contributed by atoms with Gasteiger partial charge in [-0.2, -0.15) is 4.98 Å². The average Bonchev–Trinajstić information content (AvgIpc) is 3.22. The van der Waals surface area contributed by atoms with Crippen molar-refractivity contribution in [2.24, 2.45) is 0 Å². The van der Waals surface area contributed by atoms with Crippen molar-refractivity contribution in [1.82, 2.24) is 14.8 Å². The van der Waals surface area contributed by atoms with Crippen LogP contribution in [0.15, 0.2) is 41.6 Å². The number of fused-ring (bicyclic) bond motifs is 1. The highest BCUT2D eigenvalue weighted by Gasteiger charge is 2.40. The maximum Gasteiger partial charge on any atom is 0.241 e. The first-order chi connectivity index (χ1) is 16.8. The molecule has 9 nitrogen and oxygen atoms in total. The van der Waals surface area contributed by atoms with Crippen molar-refractivity contribution < 1.29 is 19.0 Å². The van der Waals surface area contributed by atoms with Crippen molar-refractivity contribution in [3.63, 3.8) is 0 Å². The molecule has 5 rings (SSSR count). The Morgan fingerprint density at radius 3 is 2.34 bits per heavy atom. The van der Waals surface area contributed by atoms with Gasteiger partial charge in [-0.25, -0.2) is 4.68 Å². The number of anilines is 2. The van der Waals surface area contributed by atoms with Crippen LogP contribution in [0.5, 0.6) is 17.2 Å². The number of nitrogens with two attached hydrogens (primary N) is 1. The third-order valence-corrected chi connectivity index (χ3v) is 7.09. The Morgan fingerprint density at radius 1 is 1.00 bits per heavy atom. The number of ketones is 1. The molecule has 0 spiro atoms. The molecule has 2 aliphatic rings. The first-order valence-corrected chi connectivity index (χ1v) is 11.6. The minimum Gasteiger partial charge on any atom is -0.493 e. The molecule has 1 aromatic heterocycles. The lowest BCUT2D eigenvalue weighted by atomic mass is 9.77. The van der Waals surface area contributed by atoms with Crippen LogP contribution in [0.2, 0.25) is 10.0 Å². The lowest BCUT2D eigenvalue weighted by molar-refractivity contribution is -0.116. The lowest BCUT2D eigenvalue weighted by Crippen LogP contribution is -2.33. The van der Waals surface area contributed by atoms with E-state index in [0.29, 0.717) is 45.2 Å². The summed E-state index contributed by atoms with van der Waals surface area (Å²) in [6.45, 7) is 0. The van der Waals surface area contributed by atoms with Crippen molar-refractivity contribution in [1.29, 1.82) is 0 Å². The molecular formula is C24H23Cl2N5O4. The maximum atomic E-state index is 13.7. The van der Waals surface area contributed by atoms with Crippen LogP contribution in [0.3, 0.4) is 0 Å². The van der Waals surface area contributed by atoms with Crippen LogP contribution in [0.1, 0.15) is 35.9 Å². The molecular weight excluding hydrogens is 493 g/mol. The smallest absolute Gasteiger partial charge is 0.241 e. The van der Waals surface area contributed by atoms with Crippen molar-refractivity contribution in [2.45, 2.75) is 24.8 Å². The van der Waals surface area contributed by atoms with Gasteiger partial charge < -0.3 is 25.3 Å². The number of Topliss-reactive ketones (excluding diaryl/α,β-unsaturated/α-hetero) is 1. The molecule has 1 aliphatic heterocycles. The number of carbonyl (C=O) groups is 1.